The Morgan fingerprint density at radius 3 is 2.93 bits per heavy atom. The number of rotatable bonds is 2. The lowest BCUT2D eigenvalue weighted by Crippen LogP contribution is -1.93. The van der Waals surface area contributed by atoms with Gasteiger partial charge in [-0.2, -0.15) is 0 Å². The van der Waals surface area contributed by atoms with Gasteiger partial charge in [-0.15, -0.1) is 11.3 Å². The molecule has 0 atom stereocenters. The maximum absolute atomic E-state index is 11.0. The van der Waals surface area contributed by atoms with Crippen LogP contribution in [0.3, 0.4) is 0 Å². The molecule has 0 spiro atoms. The summed E-state index contributed by atoms with van der Waals surface area (Å²) >= 11 is 1.64. The summed E-state index contributed by atoms with van der Waals surface area (Å²) in [5.74, 6) is 0. The molecule has 1 aromatic carbocycles. The number of carbonyl (C=O) groups excluding carboxylic acids is 1. The third kappa shape index (κ3) is 1.26. The van der Waals surface area contributed by atoms with Gasteiger partial charge < -0.3 is 0 Å². The number of aldehydes is 1. The molecule has 2 aromatic rings. The van der Waals surface area contributed by atoms with E-state index < -0.39 is 0 Å². The van der Waals surface area contributed by atoms with Crippen molar-refractivity contribution in [1.82, 2.24) is 0 Å². The monoisotopic (exact) mass is 204 g/mol. The van der Waals surface area contributed by atoms with Crippen molar-refractivity contribution in [3.8, 4) is 0 Å². The minimum atomic E-state index is 0.870. The quantitative estimate of drug-likeness (QED) is 0.683. The number of thiophene rings is 1. The lowest BCUT2D eigenvalue weighted by molar-refractivity contribution is 0.112. The Balaban J connectivity index is 2.87. The van der Waals surface area contributed by atoms with E-state index in [0.717, 1.165) is 28.5 Å². The topological polar surface area (TPSA) is 17.1 Å². The van der Waals surface area contributed by atoms with Gasteiger partial charge in [-0.1, -0.05) is 13.0 Å². The molecule has 0 bridgehead atoms. The zero-order valence-electron chi connectivity index (χ0n) is 8.33. The molecule has 0 saturated heterocycles. The van der Waals surface area contributed by atoms with Gasteiger partial charge in [0.25, 0.3) is 0 Å². The number of benzene rings is 1. The van der Waals surface area contributed by atoms with E-state index in [2.05, 4.69) is 19.1 Å². The van der Waals surface area contributed by atoms with Crippen LogP contribution < -0.4 is 0 Å². The standard InChI is InChI=1S/C12H12OS/c1-3-9-6-10-4-5-14-12(10)11(7-13)8(9)2/h4-7H,3H2,1-2H3. The Kier molecular flexibility index (Phi) is 2.38. The number of fused-ring (bicyclic) bond motifs is 1. The molecular formula is C12H12OS. The molecule has 0 aliphatic heterocycles. The van der Waals surface area contributed by atoms with Crippen LogP contribution in [0.15, 0.2) is 17.5 Å². The number of hydrogen-bond acceptors (Lipinski definition) is 2. The summed E-state index contributed by atoms with van der Waals surface area (Å²) in [4.78, 5) is 11.0. The molecule has 1 nitrogen and oxygen atoms in total. The third-order valence-electron chi connectivity index (χ3n) is 2.65. The maximum atomic E-state index is 11.0. The van der Waals surface area contributed by atoms with E-state index in [-0.39, 0.29) is 0 Å². The predicted molar refractivity (Wildman–Crippen MR) is 61.3 cm³/mol. The molecule has 1 heterocycles. The molecule has 1 aromatic heterocycles. The molecule has 0 radical (unpaired) electrons. The lowest BCUT2D eigenvalue weighted by atomic mass is 9.99. The molecule has 0 unspecified atom stereocenters. The zero-order valence-corrected chi connectivity index (χ0v) is 9.15. The third-order valence-corrected chi connectivity index (χ3v) is 3.62. The molecule has 72 valence electrons. The Morgan fingerprint density at radius 2 is 2.29 bits per heavy atom. The molecule has 0 aliphatic carbocycles. The van der Waals surface area contributed by atoms with Crippen molar-refractivity contribution < 1.29 is 4.79 Å². The smallest absolute Gasteiger partial charge is 0.151 e. The molecule has 0 saturated carbocycles. The van der Waals surface area contributed by atoms with Crippen molar-refractivity contribution in [1.29, 1.82) is 0 Å². The first-order valence-electron chi connectivity index (χ1n) is 4.72. The van der Waals surface area contributed by atoms with Gasteiger partial charge in [0.15, 0.2) is 6.29 Å². The highest BCUT2D eigenvalue weighted by Gasteiger charge is 2.08. The van der Waals surface area contributed by atoms with Crippen LogP contribution in [0.2, 0.25) is 0 Å². The van der Waals surface area contributed by atoms with E-state index in [0.29, 0.717) is 0 Å². The van der Waals surface area contributed by atoms with E-state index in [1.807, 2.05) is 12.3 Å². The van der Waals surface area contributed by atoms with Crippen molar-refractivity contribution in [2.24, 2.45) is 0 Å². The normalized spacial score (nSPS) is 10.7. The van der Waals surface area contributed by atoms with Gasteiger partial charge in [0.1, 0.15) is 0 Å². The maximum Gasteiger partial charge on any atom is 0.151 e. The van der Waals surface area contributed by atoms with Gasteiger partial charge in [-0.3, -0.25) is 4.79 Å². The fourth-order valence-corrected chi connectivity index (χ4v) is 2.74. The van der Waals surface area contributed by atoms with Crippen molar-refractivity contribution in [2.45, 2.75) is 20.3 Å². The van der Waals surface area contributed by atoms with Crippen LogP contribution in [-0.2, 0) is 6.42 Å². The summed E-state index contributed by atoms with van der Waals surface area (Å²) in [6.07, 6.45) is 1.96. The summed E-state index contributed by atoms with van der Waals surface area (Å²) in [7, 11) is 0. The highest BCUT2D eigenvalue weighted by molar-refractivity contribution is 7.17. The van der Waals surface area contributed by atoms with E-state index in [9.17, 15) is 4.79 Å². The first-order chi connectivity index (χ1) is 6.77. The van der Waals surface area contributed by atoms with Gasteiger partial charge in [0.2, 0.25) is 0 Å². The first-order valence-corrected chi connectivity index (χ1v) is 5.60. The van der Waals surface area contributed by atoms with Crippen LogP contribution in [0.1, 0.15) is 28.4 Å². The number of aryl methyl sites for hydroxylation is 1. The van der Waals surface area contributed by atoms with Gasteiger partial charge in [-0.05, 0) is 41.3 Å². The summed E-state index contributed by atoms with van der Waals surface area (Å²) in [6.45, 7) is 4.15. The Bertz CT molecular complexity index is 482. The van der Waals surface area contributed by atoms with Gasteiger partial charge in [0.05, 0.1) is 0 Å². The summed E-state index contributed by atoms with van der Waals surface area (Å²) in [6, 6.07) is 4.26. The lowest BCUT2D eigenvalue weighted by Gasteiger charge is -2.06. The van der Waals surface area contributed by atoms with Crippen LogP contribution in [-0.4, -0.2) is 6.29 Å². The molecule has 14 heavy (non-hydrogen) atoms. The van der Waals surface area contributed by atoms with E-state index in [4.69, 9.17) is 0 Å². The first kappa shape index (κ1) is 9.41. The molecule has 2 rings (SSSR count). The molecule has 2 heteroatoms. The largest absolute Gasteiger partial charge is 0.298 e. The Hall–Kier alpha value is -1.15. The Labute approximate surface area is 87.4 Å². The average molecular weight is 204 g/mol. The van der Waals surface area contributed by atoms with Crippen molar-refractivity contribution >= 4 is 27.7 Å². The minimum absolute atomic E-state index is 0.870. The predicted octanol–water partition coefficient (Wildman–Crippen LogP) is 3.58. The van der Waals surface area contributed by atoms with E-state index >= 15 is 0 Å². The Morgan fingerprint density at radius 1 is 1.50 bits per heavy atom. The second-order valence-electron chi connectivity index (χ2n) is 3.38. The number of hydrogen-bond donors (Lipinski definition) is 0. The molecule has 0 fully saturated rings. The van der Waals surface area contributed by atoms with Gasteiger partial charge >= 0.3 is 0 Å². The SMILES string of the molecule is CCc1cc2ccsc2c(C=O)c1C. The highest BCUT2D eigenvalue weighted by Crippen LogP contribution is 2.29. The van der Waals surface area contributed by atoms with Crippen LogP contribution in [0.25, 0.3) is 10.1 Å². The number of carbonyl (C=O) groups is 1. The zero-order chi connectivity index (χ0) is 10.1. The van der Waals surface area contributed by atoms with Gasteiger partial charge in [-0.25, -0.2) is 0 Å². The van der Waals surface area contributed by atoms with Crippen molar-refractivity contribution in [3.05, 3.63) is 34.2 Å². The van der Waals surface area contributed by atoms with E-state index in [1.54, 1.807) is 11.3 Å². The second kappa shape index (κ2) is 3.54. The molecule has 0 amide bonds. The van der Waals surface area contributed by atoms with Gasteiger partial charge in [0, 0.05) is 10.3 Å². The molecular weight excluding hydrogens is 192 g/mol. The van der Waals surface area contributed by atoms with Crippen molar-refractivity contribution in [3.63, 3.8) is 0 Å². The fourth-order valence-electron chi connectivity index (χ4n) is 1.80. The summed E-state index contributed by atoms with van der Waals surface area (Å²) in [5.41, 5.74) is 3.28. The van der Waals surface area contributed by atoms with Crippen LogP contribution >= 0.6 is 11.3 Å². The van der Waals surface area contributed by atoms with Crippen LogP contribution in [0, 0.1) is 6.92 Å². The van der Waals surface area contributed by atoms with Crippen LogP contribution in [0.4, 0.5) is 0 Å². The van der Waals surface area contributed by atoms with E-state index in [1.165, 1.54) is 10.9 Å². The highest BCUT2D eigenvalue weighted by atomic mass is 32.1. The second-order valence-corrected chi connectivity index (χ2v) is 4.30. The minimum Gasteiger partial charge on any atom is -0.298 e. The average Bonchev–Trinajstić information content (AvgIpc) is 2.64. The summed E-state index contributed by atoms with van der Waals surface area (Å²) < 4.78 is 1.12. The van der Waals surface area contributed by atoms with Crippen molar-refractivity contribution in [2.75, 3.05) is 0 Å². The summed E-state index contributed by atoms with van der Waals surface area (Å²) in [5, 5.41) is 3.23. The van der Waals surface area contributed by atoms with Crippen LogP contribution in [0.5, 0.6) is 0 Å². The fraction of sp³-hybridized carbons (Fsp3) is 0.250. The molecule has 0 aliphatic rings. The molecule has 0 N–H and O–H groups in total.